The van der Waals surface area contributed by atoms with E-state index in [1.807, 2.05) is 22.6 Å². The van der Waals surface area contributed by atoms with Crippen LogP contribution in [0.25, 0.3) is 16.7 Å². The van der Waals surface area contributed by atoms with Crippen molar-refractivity contribution >= 4 is 33.6 Å². The van der Waals surface area contributed by atoms with Crippen molar-refractivity contribution in [1.82, 2.24) is 18.7 Å². The zero-order valence-electron chi connectivity index (χ0n) is 21.1. The van der Waals surface area contributed by atoms with E-state index in [1.165, 1.54) is 38.6 Å². The Morgan fingerprint density at radius 3 is 2.38 bits per heavy atom. The molecule has 5 aromatic rings. The van der Waals surface area contributed by atoms with Crippen molar-refractivity contribution in [2.45, 2.75) is 13.5 Å². The molecule has 3 heterocycles. The first-order chi connectivity index (χ1) is 18.7. The summed E-state index contributed by atoms with van der Waals surface area (Å²) in [5, 5.41) is -0.0578. The first kappa shape index (κ1) is 26.4. The van der Waals surface area contributed by atoms with Crippen molar-refractivity contribution in [1.29, 1.82) is 0 Å². The van der Waals surface area contributed by atoms with E-state index >= 15 is 4.39 Å². The second-order valence-corrected chi connectivity index (χ2v) is 10.0. The lowest BCUT2D eigenvalue weighted by Gasteiger charge is -2.19. The number of hydrogen-bond donors (Lipinski definition) is 0. The standard InChI is InChI=1S/C28H22FIN4O5/c1-16-12-20(10-11-31-16)39-23-14-24(35)32(2)26-25(23)27(36)33(15-17-4-7-19(38-3)8-5-17)28(37)34(26)22-9-6-18(30)13-21(22)29/h4-14H,15H2,1-3H3. The van der Waals surface area contributed by atoms with E-state index in [0.717, 1.165) is 13.7 Å². The highest BCUT2D eigenvalue weighted by atomic mass is 127. The van der Waals surface area contributed by atoms with Gasteiger partial charge in [-0.3, -0.25) is 23.7 Å². The highest BCUT2D eigenvalue weighted by Gasteiger charge is 2.23. The maximum absolute atomic E-state index is 15.3. The van der Waals surface area contributed by atoms with Crippen LogP contribution in [0.3, 0.4) is 0 Å². The number of hydrogen-bond acceptors (Lipinski definition) is 6. The van der Waals surface area contributed by atoms with Gasteiger partial charge < -0.3 is 9.47 Å². The Morgan fingerprint density at radius 2 is 1.72 bits per heavy atom. The molecule has 0 spiro atoms. The zero-order chi connectivity index (χ0) is 27.8. The lowest BCUT2D eigenvalue weighted by Crippen LogP contribution is -2.42. The van der Waals surface area contributed by atoms with Gasteiger partial charge in [-0.2, -0.15) is 0 Å². The molecule has 0 aliphatic carbocycles. The van der Waals surface area contributed by atoms with Crippen LogP contribution < -0.4 is 26.3 Å². The molecular formula is C28H22FIN4O5. The maximum Gasteiger partial charge on any atom is 0.337 e. The summed E-state index contributed by atoms with van der Waals surface area (Å²) in [5.41, 5.74) is -0.948. The average molecular weight is 640 g/mol. The van der Waals surface area contributed by atoms with Gasteiger partial charge in [0.05, 0.1) is 19.3 Å². The Bertz CT molecular complexity index is 1910. The van der Waals surface area contributed by atoms with Gasteiger partial charge in [-0.1, -0.05) is 12.1 Å². The number of pyridine rings is 2. The number of methoxy groups -OCH3 is 1. The molecular weight excluding hydrogens is 618 g/mol. The van der Waals surface area contributed by atoms with Crippen molar-refractivity contribution in [3.63, 3.8) is 0 Å². The highest BCUT2D eigenvalue weighted by Crippen LogP contribution is 2.28. The Hall–Kier alpha value is -4.26. The van der Waals surface area contributed by atoms with Gasteiger partial charge in [-0.05, 0) is 71.5 Å². The van der Waals surface area contributed by atoms with E-state index in [2.05, 4.69) is 4.98 Å². The molecule has 9 nitrogen and oxygen atoms in total. The Balaban J connectivity index is 1.87. The van der Waals surface area contributed by atoms with Crippen LogP contribution in [-0.4, -0.2) is 25.8 Å². The highest BCUT2D eigenvalue weighted by molar-refractivity contribution is 14.1. The minimum Gasteiger partial charge on any atom is -0.497 e. The molecule has 0 amide bonds. The summed E-state index contributed by atoms with van der Waals surface area (Å²) < 4.78 is 30.3. The van der Waals surface area contributed by atoms with Gasteiger partial charge in [0.1, 0.15) is 34.1 Å². The molecule has 0 fully saturated rings. The smallest absolute Gasteiger partial charge is 0.337 e. The van der Waals surface area contributed by atoms with Crippen LogP contribution in [0.4, 0.5) is 4.39 Å². The number of aryl methyl sites for hydroxylation is 2. The molecule has 0 unspecified atom stereocenters. The predicted molar refractivity (Wildman–Crippen MR) is 153 cm³/mol. The number of ether oxygens (including phenoxy) is 2. The van der Waals surface area contributed by atoms with Gasteiger partial charge >= 0.3 is 5.69 Å². The summed E-state index contributed by atoms with van der Waals surface area (Å²) in [6, 6.07) is 15.6. The largest absolute Gasteiger partial charge is 0.497 e. The number of fused-ring (bicyclic) bond motifs is 1. The van der Waals surface area contributed by atoms with E-state index in [0.29, 0.717) is 26.3 Å². The summed E-state index contributed by atoms with van der Waals surface area (Å²) in [6.45, 7) is 1.66. The van der Waals surface area contributed by atoms with Crippen molar-refractivity contribution in [2.75, 3.05) is 7.11 Å². The predicted octanol–water partition coefficient (Wildman–Crippen LogP) is 4.15. The van der Waals surface area contributed by atoms with Gasteiger partial charge in [0.15, 0.2) is 0 Å². The number of halogens is 2. The quantitative estimate of drug-likeness (QED) is 0.259. The monoisotopic (exact) mass is 640 g/mol. The lowest BCUT2D eigenvalue weighted by atomic mass is 10.2. The SMILES string of the molecule is COc1ccc(Cn2c(=O)c3c(Oc4ccnc(C)c4)cc(=O)n(C)c3n(-c3ccc(I)cc3F)c2=O)cc1. The van der Waals surface area contributed by atoms with Crippen molar-refractivity contribution in [3.05, 3.63) is 119 Å². The number of nitrogens with zero attached hydrogens (tertiary/aromatic N) is 4. The van der Waals surface area contributed by atoms with Crippen molar-refractivity contribution < 1.29 is 13.9 Å². The van der Waals surface area contributed by atoms with E-state index in [4.69, 9.17) is 9.47 Å². The maximum atomic E-state index is 15.3. The minimum absolute atomic E-state index is 0.0578. The van der Waals surface area contributed by atoms with Crippen LogP contribution in [0.1, 0.15) is 11.3 Å². The van der Waals surface area contributed by atoms with Crippen LogP contribution in [0, 0.1) is 16.3 Å². The second kappa shape index (κ2) is 10.5. The van der Waals surface area contributed by atoms with Gasteiger partial charge in [0.25, 0.3) is 11.1 Å². The molecule has 0 saturated carbocycles. The second-order valence-electron chi connectivity index (χ2n) is 8.79. The number of rotatable bonds is 6. The first-order valence-corrected chi connectivity index (χ1v) is 12.8. The summed E-state index contributed by atoms with van der Waals surface area (Å²) in [5.74, 6) is 0.202. The van der Waals surface area contributed by atoms with E-state index in [1.54, 1.807) is 49.4 Å². The summed E-state index contributed by atoms with van der Waals surface area (Å²) >= 11 is 1.96. The van der Waals surface area contributed by atoms with Gasteiger partial charge in [-0.15, -0.1) is 0 Å². The Morgan fingerprint density at radius 1 is 0.974 bits per heavy atom. The van der Waals surface area contributed by atoms with Crippen molar-refractivity contribution in [3.8, 4) is 22.9 Å². The fourth-order valence-corrected chi connectivity index (χ4v) is 4.74. The average Bonchev–Trinajstić information content (AvgIpc) is 2.90. The summed E-state index contributed by atoms with van der Waals surface area (Å²) in [4.78, 5) is 45.1. The summed E-state index contributed by atoms with van der Waals surface area (Å²) in [7, 11) is 2.95. The zero-order valence-corrected chi connectivity index (χ0v) is 23.3. The van der Waals surface area contributed by atoms with E-state index < -0.39 is 22.6 Å². The van der Waals surface area contributed by atoms with E-state index in [9.17, 15) is 14.4 Å². The normalized spacial score (nSPS) is 11.1. The molecule has 0 N–H and O–H groups in total. The van der Waals surface area contributed by atoms with Crippen LogP contribution >= 0.6 is 22.6 Å². The van der Waals surface area contributed by atoms with Crippen molar-refractivity contribution in [2.24, 2.45) is 7.05 Å². The molecule has 0 atom stereocenters. The third-order valence-corrected chi connectivity index (χ3v) is 6.88. The van der Waals surface area contributed by atoms with Crippen LogP contribution in [0.5, 0.6) is 17.2 Å². The number of benzene rings is 2. The lowest BCUT2D eigenvalue weighted by molar-refractivity contribution is 0.414. The molecule has 0 bridgehead atoms. The Labute approximate surface area is 234 Å². The fourth-order valence-electron chi connectivity index (χ4n) is 4.28. The molecule has 2 aromatic carbocycles. The molecule has 198 valence electrons. The minimum atomic E-state index is -0.810. The molecule has 3 aromatic heterocycles. The van der Waals surface area contributed by atoms with Crippen LogP contribution in [0.15, 0.2) is 81.2 Å². The van der Waals surface area contributed by atoms with E-state index in [-0.39, 0.29) is 29.0 Å². The number of aromatic nitrogens is 4. The van der Waals surface area contributed by atoms with Gasteiger partial charge in [0.2, 0.25) is 0 Å². The molecule has 39 heavy (non-hydrogen) atoms. The molecule has 0 saturated heterocycles. The molecule has 11 heteroatoms. The molecule has 0 aliphatic rings. The molecule has 0 radical (unpaired) electrons. The van der Waals surface area contributed by atoms with Gasteiger partial charge in [-0.25, -0.2) is 13.8 Å². The molecule has 0 aliphatic heterocycles. The van der Waals surface area contributed by atoms with Crippen LogP contribution in [0.2, 0.25) is 0 Å². The van der Waals surface area contributed by atoms with Gasteiger partial charge in [0, 0.05) is 34.6 Å². The first-order valence-electron chi connectivity index (χ1n) is 11.8. The fraction of sp³-hybridized carbons (Fsp3) is 0.143. The topological polar surface area (TPSA) is 97.3 Å². The Kier molecular flexibility index (Phi) is 7.08. The third kappa shape index (κ3) is 4.97. The van der Waals surface area contributed by atoms with Crippen LogP contribution in [-0.2, 0) is 13.6 Å². The molecule has 5 rings (SSSR count). The summed E-state index contributed by atoms with van der Waals surface area (Å²) in [6.07, 6.45) is 1.53. The third-order valence-electron chi connectivity index (χ3n) is 6.21.